The molecule has 3 nitrogen and oxygen atoms in total. The lowest BCUT2D eigenvalue weighted by atomic mass is 10.1. The molecule has 0 aromatic heterocycles. The molecule has 0 atom stereocenters. The number of nitrogens with two attached hydrogens (primary N) is 1. The fourth-order valence-corrected chi connectivity index (χ4v) is 1.66. The number of amides is 1. The van der Waals surface area contributed by atoms with Crippen LogP contribution in [0, 0.1) is 0 Å². The molecule has 0 radical (unpaired) electrons. The number of nitrogen functional groups attached to an aromatic ring is 1. The second-order valence-electron chi connectivity index (χ2n) is 4.38. The minimum absolute atomic E-state index is 0.0824. The predicted molar refractivity (Wildman–Crippen MR) is 83.6 cm³/mol. The zero-order valence-corrected chi connectivity index (χ0v) is 13.0. The van der Waals surface area contributed by atoms with Crippen molar-refractivity contribution in [2.45, 2.75) is 39.3 Å². The summed E-state index contributed by atoms with van der Waals surface area (Å²) in [6.45, 7) is 7.98. The number of benzene rings is 1. The van der Waals surface area contributed by atoms with E-state index < -0.39 is 17.6 Å². The van der Waals surface area contributed by atoms with Crippen molar-refractivity contribution in [1.82, 2.24) is 5.32 Å². The highest BCUT2D eigenvalue weighted by Gasteiger charge is 2.31. The molecular formula is C16H23F3N2O. The van der Waals surface area contributed by atoms with Gasteiger partial charge in [-0.3, -0.25) is 4.79 Å². The highest BCUT2D eigenvalue weighted by molar-refractivity contribution is 5.95. The number of carbonyl (C=O) groups is 1. The Kier molecular flexibility index (Phi) is 8.98. The molecule has 0 unspecified atom stereocenters. The van der Waals surface area contributed by atoms with Crippen molar-refractivity contribution in [3.63, 3.8) is 0 Å². The molecule has 0 aliphatic heterocycles. The zero-order chi connectivity index (χ0) is 17.2. The Morgan fingerprint density at radius 1 is 1.27 bits per heavy atom. The number of hydrogen-bond acceptors (Lipinski definition) is 2. The summed E-state index contributed by atoms with van der Waals surface area (Å²) in [7, 11) is 0. The number of halogens is 3. The Morgan fingerprint density at radius 2 is 1.91 bits per heavy atom. The van der Waals surface area contributed by atoms with Crippen LogP contribution in [-0.4, -0.2) is 12.5 Å². The van der Waals surface area contributed by atoms with E-state index >= 15 is 0 Å². The van der Waals surface area contributed by atoms with Gasteiger partial charge in [-0.1, -0.05) is 19.9 Å². The summed E-state index contributed by atoms with van der Waals surface area (Å²) in [6, 6.07) is 2.84. The predicted octanol–water partition coefficient (Wildman–Crippen LogP) is 4.40. The smallest absolute Gasteiger partial charge is 0.399 e. The molecule has 1 aromatic rings. The first-order valence-corrected chi connectivity index (χ1v) is 7.21. The molecule has 0 saturated heterocycles. The van der Waals surface area contributed by atoms with Gasteiger partial charge in [0.05, 0.1) is 5.56 Å². The van der Waals surface area contributed by atoms with Crippen LogP contribution in [0.4, 0.5) is 18.9 Å². The lowest BCUT2D eigenvalue weighted by Gasteiger charge is -2.10. The maximum absolute atomic E-state index is 12.6. The molecule has 6 heteroatoms. The Morgan fingerprint density at radius 3 is 2.45 bits per heavy atom. The summed E-state index contributed by atoms with van der Waals surface area (Å²) in [5.41, 5.74) is 4.31. The lowest BCUT2D eigenvalue weighted by molar-refractivity contribution is -0.137. The topological polar surface area (TPSA) is 55.1 Å². The number of anilines is 1. The van der Waals surface area contributed by atoms with E-state index in [1.54, 1.807) is 6.08 Å². The first-order chi connectivity index (χ1) is 10.3. The van der Waals surface area contributed by atoms with Gasteiger partial charge in [-0.25, -0.2) is 0 Å². The molecule has 1 aromatic carbocycles. The second-order valence-corrected chi connectivity index (χ2v) is 4.38. The Labute approximate surface area is 129 Å². The summed E-state index contributed by atoms with van der Waals surface area (Å²) in [4.78, 5) is 11.8. The monoisotopic (exact) mass is 316 g/mol. The van der Waals surface area contributed by atoms with Crippen LogP contribution in [-0.2, 0) is 6.18 Å². The van der Waals surface area contributed by atoms with Crippen LogP contribution in [0.25, 0.3) is 0 Å². The fraction of sp³-hybridized carbons (Fsp3) is 0.438. The molecule has 0 saturated carbocycles. The third-order valence-electron chi connectivity index (χ3n) is 2.67. The van der Waals surface area contributed by atoms with Crippen LogP contribution in [0.2, 0.25) is 0 Å². The van der Waals surface area contributed by atoms with Crippen molar-refractivity contribution in [2.75, 3.05) is 12.3 Å². The molecule has 3 N–H and O–H groups in total. The van der Waals surface area contributed by atoms with E-state index in [0.29, 0.717) is 6.54 Å². The highest BCUT2D eigenvalue weighted by atomic mass is 19.4. The molecule has 0 heterocycles. The van der Waals surface area contributed by atoms with E-state index in [9.17, 15) is 18.0 Å². The van der Waals surface area contributed by atoms with Crippen molar-refractivity contribution in [3.05, 3.63) is 42.0 Å². The first-order valence-electron chi connectivity index (χ1n) is 7.21. The van der Waals surface area contributed by atoms with E-state index in [-0.39, 0.29) is 11.3 Å². The molecule has 0 spiro atoms. The molecule has 0 fully saturated rings. The van der Waals surface area contributed by atoms with Gasteiger partial charge in [0.1, 0.15) is 0 Å². The average Bonchev–Trinajstić information content (AvgIpc) is 2.47. The average molecular weight is 316 g/mol. The number of allylic oxidation sites excluding steroid dienone is 1. The molecule has 0 bridgehead atoms. The van der Waals surface area contributed by atoms with Crippen molar-refractivity contribution in [3.8, 4) is 0 Å². The Hall–Kier alpha value is -1.98. The van der Waals surface area contributed by atoms with E-state index in [1.165, 1.54) is 6.07 Å². The molecule has 1 amide bonds. The zero-order valence-electron chi connectivity index (χ0n) is 13.0. The van der Waals surface area contributed by atoms with Crippen molar-refractivity contribution in [2.24, 2.45) is 0 Å². The quantitative estimate of drug-likeness (QED) is 0.464. The molecule has 124 valence electrons. The standard InChI is InChI=1S/C14H17F3N2O.C2H6/c1-2-3-4-5-6-19-13(20)10-7-11(14(15,16)17)9-12(18)8-10;1-2/h2,7-9H,1,3-6,18H2,(H,19,20);1-2H3. The number of carbonyl (C=O) groups excluding carboxylic acids is 1. The molecule has 22 heavy (non-hydrogen) atoms. The second kappa shape index (κ2) is 9.87. The number of nitrogens with one attached hydrogen (secondary N) is 1. The van der Waals surface area contributed by atoms with Crippen molar-refractivity contribution >= 4 is 11.6 Å². The molecular weight excluding hydrogens is 293 g/mol. The highest BCUT2D eigenvalue weighted by Crippen LogP contribution is 2.31. The van der Waals surface area contributed by atoms with E-state index in [4.69, 9.17) is 5.73 Å². The van der Waals surface area contributed by atoms with E-state index in [0.717, 1.165) is 31.4 Å². The third kappa shape index (κ3) is 7.15. The number of hydrogen-bond donors (Lipinski definition) is 2. The first kappa shape index (κ1) is 20.0. The van der Waals surface area contributed by atoms with Gasteiger partial charge in [0, 0.05) is 17.8 Å². The SMILES string of the molecule is C=CCCCCNC(=O)c1cc(N)cc(C(F)(F)F)c1.CC. The summed E-state index contributed by atoms with van der Waals surface area (Å²) in [6.07, 6.45) is -0.295. The summed E-state index contributed by atoms with van der Waals surface area (Å²) < 4.78 is 37.8. The minimum Gasteiger partial charge on any atom is -0.399 e. The number of alkyl halides is 3. The Bertz CT molecular complexity index is 485. The normalized spacial score (nSPS) is 10.4. The number of unbranched alkanes of at least 4 members (excludes halogenated alkanes) is 2. The Balaban J connectivity index is 0.00000211. The maximum atomic E-state index is 12.6. The molecule has 0 aliphatic carbocycles. The van der Waals surface area contributed by atoms with E-state index in [1.807, 2.05) is 13.8 Å². The lowest BCUT2D eigenvalue weighted by Crippen LogP contribution is -2.25. The largest absolute Gasteiger partial charge is 0.416 e. The van der Waals surface area contributed by atoms with Gasteiger partial charge in [-0.05, 0) is 37.5 Å². The fourth-order valence-electron chi connectivity index (χ4n) is 1.66. The molecule has 0 aliphatic rings. The van der Waals surface area contributed by atoms with Crippen LogP contribution in [0.1, 0.15) is 49.0 Å². The third-order valence-corrected chi connectivity index (χ3v) is 2.67. The summed E-state index contributed by atoms with van der Waals surface area (Å²) in [5.74, 6) is -0.554. The van der Waals surface area contributed by atoms with Crippen molar-refractivity contribution < 1.29 is 18.0 Å². The van der Waals surface area contributed by atoms with Gasteiger partial charge in [-0.2, -0.15) is 13.2 Å². The summed E-state index contributed by atoms with van der Waals surface area (Å²) in [5, 5.41) is 2.57. The van der Waals surface area contributed by atoms with Gasteiger partial charge >= 0.3 is 6.18 Å². The van der Waals surface area contributed by atoms with Crippen LogP contribution >= 0.6 is 0 Å². The minimum atomic E-state index is -4.52. The summed E-state index contributed by atoms with van der Waals surface area (Å²) >= 11 is 0. The van der Waals surface area contributed by atoms with Gasteiger partial charge in [0.2, 0.25) is 0 Å². The van der Waals surface area contributed by atoms with Gasteiger partial charge < -0.3 is 11.1 Å². The van der Waals surface area contributed by atoms with Crippen LogP contribution in [0.5, 0.6) is 0 Å². The van der Waals surface area contributed by atoms with Crippen LogP contribution in [0.15, 0.2) is 30.9 Å². The number of rotatable bonds is 6. The van der Waals surface area contributed by atoms with Crippen molar-refractivity contribution in [1.29, 1.82) is 0 Å². The van der Waals surface area contributed by atoms with Crippen LogP contribution in [0.3, 0.4) is 0 Å². The van der Waals surface area contributed by atoms with E-state index in [2.05, 4.69) is 11.9 Å². The van der Waals surface area contributed by atoms with Gasteiger partial charge in [0.25, 0.3) is 5.91 Å². The van der Waals surface area contributed by atoms with Gasteiger partial charge in [-0.15, -0.1) is 6.58 Å². The van der Waals surface area contributed by atoms with Gasteiger partial charge in [0.15, 0.2) is 0 Å². The van der Waals surface area contributed by atoms with Crippen LogP contribution < -0.4 is 11.1 Å². The molecule has 1 rings (SSSR count). The maximum Gasteiger partial charge on any atom is 0.416 e.